The average Bonchev–Trinajstić information content (AvgIpc) is 2.99. The lowest BCUT2D eigenvalue weighted by molar-refractivity contribution is -0.148. The predicted octanol–water partition coefficient (Wildman–Crippen LogP) is 3.13. The van der Waals surface area contributed by atoms with Crippen LogP contribution in [0, 0.1) is 5.92 Å². The fourth-order valence-electron chi connectivity index (χ4n) is 3.11. The number of carbonyl (C=O) groups is 2. The molecule has 136 valence electrons. The number of esters is 1. The van der Waals surface area contributed by atoms with Crippen molar-refractivity contribution in [2.45, 2.75) is 38.6 Å². The van der Waals surface area contributed by atoms with Gasteiger partial charge in [0.05, 0.1) is 7.11 Å². The van der Waals surface area contributed by atoms with E-state index in [4.69, 9.17) is 14.2 Å². The lowest BCUT2D eigenvalue weighted by Gasteiger charge is -2.29. The molecule has 6 nitrogen and oxygen atoms in total. The number of likely N-dealkylation sites (tertiary alicyclic amines) is 1. The summed E-state index contributed by atoms with van der Waals surface area (Å²) < 4.78 is 16.0. The van der Waals surface area contributed by atoms with E-state index in [1.807, 2.05) is 37.3 Å². The fraction of sp³-hybridized carbons (Fsp3) is 0.474. The summed E-state index contributed by atoms with van der Waals surface area (Å²) in [5.74, 6) is -0.487. The highest BCUT2D eigenvalue weighted by Gasteiger charge is 2.48. The van der Waals surface area contributed by atoms with Crippen LogP contribution in [-0.2, 0) is 25.6 Å². The Labute approximate surface area is 148 Å². The van der Waals surface area contributed by atoms with Crippen molar-refractivity contribution in [3.8, 4) is 0 Å². The van der Waals surface area contributed by atoms with E-state index in [2.05, 4.69) is 6.58 Å². The van der Waals surface area contributed by atoms with Gasteiger partial charge in [0.2, 0.25) is 0 Å². The van der Waals surface area contributed by atoms with Gasteiger partial charge in [-0.25, -0.2) is 9.59 Å². The van der Waals surface area contributed by atoms with Gasteiger partial charge >= 0.3 is 12.1 Å². The van der Waals surface area contributed by atoms with Gasteiger partial charge in [-0.2, -0.15) is 0 Å². The van der Waals surface area contributed by atoms with E-state index in [0.717, 1.165) is 5.56 Å². The molecule has 1 aliphatic heterocycles. The van der Waals surface area contributed by atoms with E-state index >= 15 is 0 Å². The predicted molar refractivity (Wildman–Crippen MR) is 92.6 cm³/mol. The largest absolute Gasteiger partial charge is 0.467 e. The zero-order valence-electron chi connectivity index (χ0n) is 14.7. The number of nitrogens with zero attached hydrogens (tertiary/aromatic N) is 1. The molecule has 0 aliphatic carbocycles. The molecule has 0 radical (unpaired) electrons. The fourth-order valence-corrected chi connectivity index (χ4v) is 3.11. The molecule has 0 aromatic heterocycles. The molecule has 1 saturated heterocycles. The maximum atomic E-state index is 12.7. The number of ether oxygens (including phenoxy) is 3. The highest BCUT2D eigenvalue weighted by Crippen LogP contribution is 2.34. The van der Waals surface area contributed by atoms with Crippen LogP contribution < -0.4 is 0 Å². The first-order valence-electron chi connectivity index (χ1n) is 8.41. The molecule has 1 aromatic carbocycles. The first-order valence-corrected chi connectivity index (χ1v) is 8.41. The second kappa shape index (κ2) is 9.22. The molecule has 2 rings (SSSR count). The van der Waals surface area contributed by atoms with Crippen LogP contribution in [0.4, 0.5) is 4.79 Å². The van der Waals surface area contributed by atoms with E-state index in [-0.39, 0.29) is 12.5 Å². The number of carbonyl (C=O) groups excluding carboxylic acids is 2. The standard InChI is InChI=1S/C19H25NO5/c1-4-9-15-12-16(18(21)23-3)20(17(15)24-5-2)19(22)25-13-14-10-7-6-8-11-14/h4,6-8,10-11,15-17H,1,5,9,12-13H2,2-3H3/t15?,16-,17?/m1/s1. The number of hydrogen-bond acceptors (Lipinski definition) is 5. The Kier molecular flexibility index (Phi) is 7.01. The van der Waals surface area contributed by atoms with E-state index in [0.29, 0.717) is 19.4 Å². The van der Waals surface area contributed by atoms with Crippen molar-refractivity contribution in [1.29, 1.82) is 0 Å². The van der Waals surface area contributed by atoms with Crippen molar-refractivity contribution in [3.63, 3.8) is 0 Å². The SMILES string of the molecule is C=CCC1C[C@H](C(=O)OC)N(C(=O)OCc2ccccc2)C1OCC. The van der Waals surface area contributed by atoms with Gasteiger partial charge in [0.25, 0.3) is 0 Å². The number of rotatable bonds is 7. The summed E-state index contributed by atoms with van der Waals surface area (Å²) in [6.07, 6.45) is 1.76. The van der Waals surface area contributed by atoms with Gasteiger partial charge in [0, 0.05) is 12.5 Å². The van der Waals surface area contributed by atoms with Gasteiger partial charge in [0.1, 0.15) is 18.9 Å². The van der Waals surface area contributed by atoms with Crippen LogP contribution in [0.3, 0.4) is 0 Å². The van der Waals surface area contributed by atoms with E-state index in [9.17, 15) is 9.59 Å². The molecule has 1 heterocycles. The van der Waals surface area contributed by atoms with Crippen LogP contribution in [0.5, 0.6) is 0 Å². The van der Waals surface area contributed by atoms with Crippen LogP contribution in [0.25, 0.3) is 0 Å². The summed E-state index contributed by atoms with van der Waals surface area (Å²) >= 11 is 0. The van der Waals surface area contributed by atoms with Crippen molar-refractivity contribution in [2.75, 3.05) is 13.7 Å². The summed E-state index contributed by atoms with van der Waals surface area (Å²) in [6.45, 7) is 6.16. The first kappa shape index (κ1) is 19.0. The van der Waals surface area contributed by atoms with Gasteiger partial charge in [-0.15, -0.1) is 6.58 Å². The van der Waals surface area contributed by atoms with Crippen molar-refractivity contribution >= 4 is 12.1 Å². The first-order chi connectivity index (χ1) is 12.1. The Hall–Kier alpha value is -2.34. The van der Waals surface area contributed by atoms with Crippen LogP contribution in [0.15, 0.2) is 43.0 Å². The summed E-state index contributed by atoms with van der Waals surface area (Å²) in [6, 6.07) is 8.67. The monoisotopic (exact) mass is 347 g/mol. The average molecular weight is 347 g/mol. The molecule has 0 saturated carbocycles. The molecule has 0 bridgehead atoms. The molecular formula is C19H25NO5. The Balaban J connectivity index is 2.16. The minimum atomic E-state index is -0.713. The smallest absolute Gasteiger partial charge is 0.412 e. The Morgan fingerprint density at radius 2 is 2.04 bits per heavy atom. The molecule has 2 unspecified atom stereocenters. The number of hydrogen-bond donors (Lipinski definition) is 0. The van der Waals surface area contributed by atoms with E-state index < -0.39 is 24.3 Å². The molecule has 6 heteroatoms. The maximum Gasteiger partial charge on any atom is 0.412 e. The lowest BCUT2D eigenvalue weighted by atomic mass is 10.0. The zero-order valence-corrected chi connectivity index (χ0v) is 14.7. The van der Waals surface area contributed by atoms with Gasteiger partial charge < -0.3 is 14.2 Å². The molecule has 25 heavy (non-hydrogen) atoms. The molecule has 1 aliphatic rings. The van der Waals surface area contributed by atoms with Gasteiger partial charge in [-0.05, 0) is 25.3 Å². The summed E-state index contributed by atoms with van der Waals surface area (Å²) in [7, 11) is 1.31. The third-order valence-corrected chi connectivity index (χ3v) is 4.24. The molecule has 3 atom stereocenters. The van der Waals surface area contributed by atoms with Gasteiger partial charge in [-0.3, -0.25) is 4.90 Å². The van der Waals surface area contributed by atoms with E-state index in [1.165, 1.54) is 12.0 Å². The quantitative estimate of drug-likeness (QED) is 0.560. The molecule has 1 aromatic rings. The highest BCUT2D eigenvalue weighted by atomic mass is 16.6. The molecule has 0 N–H and O–H groups in total. The zero-order chi connectivity index (χ0) is 18.2. The van der Waals surface area contributed by atoms with Crippen LogP contribution >= 0.6 is 0 Å². The summed E-state index contributed by atoms with van der Waals surface area (Å²) in [5.41, 5.74) is 0.875. The number of benzene rings is 1. The number of allylic oxidation sites excluding steroid dienone is 1. The minimum Gasteiger partial charge on any atom is -0.467 e. The highest BCUT2D eigenvalue weighted by molar-refractivity contribution is 5.82. The molecule has 0 spiro atoms. The Bertz CT molecular complexity index is 589. The summed E-state index contributed by atoms with van der Waals surface area (Å²) in [5, 5.41) is 0. The molecule has 1 amide bonds. The minimum absolute atomic E-state index is 0.0224. The van der Waals surface area contributed by atoms with Crippen LogP contribution in [-0.4, -0.2) is 42.9 Å². The van der Waals surface area contributed by atoms with Crippen molar-refractivity contribution < 1.29 is 23.8 Å². The molecular weight excluding hydrogens is 322 g/mol. The Morgan fingerprint density at radius 3 is 2.64 bits per heavy atom. The Morgan fingerprint density at radius 1 is 1.32 bits per heavy atom. The van der Waals surface area contributed by atoms with Crippen LogP contribution in [0.2, 0.25) is 0 Å². The van der Waals surface area contributed by atoms with E-state index in [1.54, 1.807) is 6.08 Å². The third kappa shape index (κ3) is 4.60. The topological polar surface area (TPSA) is 65.1 Å². The summed E-state index contributed by atoms with van der Waals surface area (Å²) in [4.78, 5) is 26.2. The third-order valence-electron chi connectivity index (χ3n) is 4.24. The van der Waals surface area contributed by atoms with Crippen LogP contribution in [0.1, 0.15) is 25.3 Å². The van der Waals surface area contributed by atoms with Crippen molar-refractivity contribution in [2.24, 2.45) is 5.92 Å². The normalized spacial score (nSPS) is 22.5. The second-order valence-corrected chi connectivity index (χ2v) is 5.85. The van der Waals surface area contributed by atoms with Gasteiger partial charge in [0.15, 0.2) is 0 Å². The van der Waals surface area contributed by atoms with Gasteiger partial charge in [-0.1, -0.05) is 36.4 Å². The maximum absolute atomic E-state index is 12.7. The van der Waals surface area contributed by atoms with Crippen molar-refractivity contribution in [1.82, 2.24) is 4.90 Å². The number of methoxy groups -OCH3 is 1. The van der Waals surface area contributed by atoms with Crippen molar-refractivity contribution in [3.05, 3.63) is 48.6 Å². The molecule has 1 fully saturated rings. The lowest BCUT2D eigenvalue weighted by Crippen LogP contribution is -2.47. The second-order valence-electron chi connectivity index (χ2n) is 5.85. The number of amides is 1.